The first kappa shape index (κ1) is 16.3. The number of nitrogens with zero attached hydrogens (tertiary/aromatic N) is 1. The third-order valence-corrected chi connectivity index (χ3v) is 6.11. The largest absolute Gasteiger partial charge is 0.478 e. The van der Waals surface area contributed by atoms with Gasteiger partial charge in [0.25, 0.3) is 0 Å². The Labute approximate surface area is 129 Å². The second-order valence-electron chi connectivity index (χ2n) is 5.20. The van der Waals surface area contributed by atoms with Crippen LogP contribution in [0.25, 0.3) is 0 Å². The van der Waals surface area contributed by atoms with Gasteiger partial charge < -0.3 is 5.11 Å². The number of hydrogen-bond acceptors (Lipinski definition) is 3. The first-order valence-corrected chi connectivity index (χ1v) is 8.71. The predicted molar refractivity (Wildman–Crippen MR) is 80.2 cm³/mol. The number of rotatable bonds is 6. The van der Waals surface area contributed by atoms with Gasteiger partial charge in [-0.3, -0.25) is 0 Å². The van der Waals surface area contributed by atoms with E-state index in [2.05, 4.69) is 0 Å². The van der Waals surface area contributed by atoms with E-state index in [1.54, 1.807) is 6.92 Å². The number of aromatic carboxylic acids is 1. The van der Waals surface area contributed by atoms with E-state index in [9.17, 15) is 13.2 Å². The predicted octanol–water partition coefficient (Wildman–Crippen LogP) is 2.85. The molecular formula is C14H18ClNO4S. The van der Waals surface area contributed by atoms with Crippen LogP contribution in [0.5, 0.6) is 0 Å². The first-order valence-electron chi connectivity index (χ1n) is 6.89. The van der Waals surface area contributed by atoms with E-state index < -0.39 is 16.0 Å². The Morgan fingerprint density at radius 2 is 2.10 bits per heavy atom. The molecule has 1 aromatic carbocycles. The number of halogens is 1. The van der Waals surface area contributed by atoms with Crippen molar-refractivity contribution in [1.29, 1.82) is 0 Å². The Morgan fingerprint density at radius 3 is 2.57 bits per heavy atom. The number of sulfonamides is 1. The van der Waals surface area contributed by atoms with Crippen LogP contribution in [0, 0.1) is 5.92 Å². The van der Waals surface area contributed by atoms with Crippen LogP contribution in [0.15, 0.2) is 23.1 Å². The number of carboxylic acids is 1. The molecule has 1 fully saturated rings. The maximum Gasteiger partial charge on any atom is 0.337 e. The Morgan fingerprint density at radius 1 is 1.43 bits per heavy atom. The molecule has 7 heteroatoms. The molecular weight excluding hydrogens is 314 g/mol. The van der Waals surface area contributed by atoms with Gasteiger partial charge in [-0.25, -0.2) is 13.2 Å². The van der Waals surface area contributed by atoms with Crippen LogP contribution < -0.4 is 0 Å². The molecule has 0 amide bonds. The average Bonchev–Trinajstić information content (AvgIpc) is 2.37. The summed E-state index contributed by atoms with van der Waals surface area (Å²) in [5.74, 6) is -0.829. The van der Waals surface area contributed by atoms with Crippen molar-refractivity contribution >= 4 is 27.6 Å². The van der Waals surface area contributed by atoms with Gasteiger partial charge >= 0.3 is 5.97 Å². The van der Waals surface area contributed by atoms with Crippen molar-refractivity contribution in [3.8, 4) is 0 Å². The Bertz CT molecular complexity index is 640. The Hall–Kier alpha value is -1.11. The van der Waals surface area contributed by atoms with Gasteiger partial charge in [-0.2, -0.15) is 4.31 Å². The van der Waals surface area contributed by atoms with Gasteiger partial charge in [0.15, 0.2) is 0 Å². The molecule has 5 nitrogen and oxygen atoms in total. The standard InChI is InChI=1S/C14H18ClNO4S/c1-2-16(9-10-4-3-5-10)21(19,20)11-6-7-13(15)12(8-11)14(17)18/h6-8,10H,2-5,9H2,1H3,(H,17,18). The van der Waals surface area contributed by atoms with E-state index in [1.807, 2.05) is 0 Å². The third kappa shape index (κ3) is 3.39. The number of carbonyl (C=O) groups is 1. The fraction of sp³-hybridized carbons (Fsp3) is 0.500. The smallest absolute Gasteiger partial charge is 0.337 e. The van der Waals surface area contributed by atoms with Crippen LogP contribution in [0.4, 0.5) is 0 Å². The molecule has 1 saturated carbocycles. The molecule has 0 heterocycles. The quantitative estimate of drug-likeness (QED) is 0.869. The molecule has 0 saturated heterocycles. The monoisotopic (exact) mass is 331 g/mol. The molecule has 0 bridgehead atoms. The van der Waals surface area contributed by atoms with Gasteiger partial charge in [0.2, 0.25) is 10.0 Å². The summed E-state index contributed by atoms with van der Waals surface area (Å²) in [6, 6.07) is 3.80. The van der Waals surface area contributed by atoms with E-state index >= 15 is 0 Å². The molecule has 0 unspecified atom stereocenters. The second-order valence-corrected chi connectivity index (χ2v) is 7.54. The highest BCUT2D eigenvalue weighted by molar-refractivity contribution is 7.89. The SMILES string of the molecule is CCN(CC1CCC1)S(=O)(=O)c1ccc(Cl)c(C(=O)O)c1. The summed E-state index contributed by atoms with van der Waals surface area (Å²) in [4.78, 5) is 11.1. The van der Waals surface area contributed by atoms with Crippen LogP contribution in [0.2, 0.25) is 5.02 Å². The zero-order valence-corrected chi connectivity index (χ0v) is 13.3. The summed E-state index contributed by atoms with van der Waals surface area (Å²) < 4.78 is 26.6. The van der Waals surface area contributed by atoms with Crippen molar-refractivity contribution in [2.75, 3.05) is 13.1 Å². The summed E-state index contributed by atoms with van der Waals surface area (Å²) in [7, 11) is -3.68. The lowest BCUT2D eigenvalue weighted by Gasteiger charge is -2.31. The van der Waals surface area contributed by atoms with Gasteiger partial charge in [-0.15, -0.1) is 0 Å². The average molecular weight is 332 g/mol. The molecule has 1 aliphatic rings. The van der Waals surface area contributed by atoms with Crippen molar-refractivity contribution in [3.05, 3.63) is 28.8 Å². The van der Waals surface area contributed by atoms with Crippen molar-refractivity contribution in [3.63, 3.8) is 0 Å². The molecule has 0 aliphatic heterocycles. The molecule has 0 aromatic heterocycles. The van der Waals surface area contributed by atoms with E-state index in [4.69, 9.17) is 16.7 Å². The van der Waals surface area contributed by atoms with E-state index in [-0.39, 0.29) is 15.5 Å². The maximum atomic E-state index is 12.6. The summed E-state index contributed by atoms with van der Waals surface area (Å²) in [6.45, 7) is 2.64. The fourth-order valence-corrected chi connectivity index (χ4v) is 4.09. The number of carboxylic acid groups (broad SMARTS) is 1. The lowest BCUT2D eigenvalue weighted by molar-refractivity contribution is 0.0697. The van der Waals surface area contributed by atoms with Gasteiger partial charge in [0.05, 0.1) is 15.5 Å². The Kier molecular flexibility index (Phi) is 4.91. The lowest BCUT2D eigenvalue weighted by Crippen LogP contribution is -2.37. The molecule has 0 spiro atoms. The topological polar surface area (TPSA) is 74.7 Å². The summed E-state index contributed by atoms with van der Waals surface area (Å²) >= 11 is 5.78. The molecule has 0 atom stereocenters. The number of benzene rings is 1. The van der Waals surface area contributed by atoms with Crippen molar-refractivity contribution in [2.24, 2.45) is 5.92 Å². The molecule has 116 valence electrons. The molecule has 1 aromatic rings. The molecule has 21 heavy (non-hydrogen) atoms. The van der Waals surface area contributed by atoms with Crippen molar-refractivity contribution in [1.82, 2.24) is 4.31 Å². The zero-order chi connectivity index (χ0) is 15.6. The van der Waals surface area contributed by atoms with Crippen molar-refractivity contribution in [2.45, 2.75) is 31.1 Å². The second kappa shape index (κ2) is 6.34. The summed E-state index contributed by atoms with van der Waals surface area (Å²) in [5.41, 5.74) is -0.197. The van der Waals surface area contributed by atoms with Gasteiger partial charge in [0, 0.05) is 13.1 Å². The van der Waals surface area contributed by atoms with Crippen molar-refractivity contribution < 1.29 is 18.3 Å². The van der Waals surface area contributed by atoms with Crippen LogP contribution >= 0.6 is 11.6 Å². The molecule has 1 N–H and O–H groups in total. The van der Waals surface area contributed by atoms with Crippen LogP contribution in [0.1, 0.15) is 36.5 Å². The molecule has 0 radical (unpaired) electrons. The highest BCUT2D eigenvalue weighted by atomic mass is 35.5. The van der Waals surface area contributed by atoms with Crippen LogP contribution in [0.3, 0.4) is 0 Å². The van der Waals surface area contributed by atoms with E-state index in [0.29, 0.717) is 19.0 Å². The molecule has 2 rings (SSSR count). The van der Waals surface area contributed by atoms with Gasteiger partial charge in [-0.1, -0.05) is 24.9 Å². The van der Waals surface area contributed by atoms with Crippen LogP contribution in [-0.4, -0.2) is 36.9 Å². The highest BCUT2D eigenvalue weighted by Gasteiger charge is 2.29. The Balaban J connectivity index is 2.32. The normalized spacial score (nSPS) is 16.0. The highest BCUT2D eigenvalue weighted by Crippen LogP contribution is 2.30. The first-order chi connectivity index (χ1) is 9.86. The van der Waals surface area contributed by atoms with Gasteiger partial charge in [-0.05, 0) is 37.0 Å². The fourth-order valence-electron chi connectivity index (χ4n) is 2.34. The van der Waals surface area contributed by atoms with E-state index in [0.717, 1.165) is 25.3 Å². The van der Waals surface area contributed by atoms with Crippen LogP contribution in [-0.2, 0) is 10.0 Å². The lowest BCUT2D eigenvalue weighted by atomic mass is 9.85. The minimum atomic E-state index is -3.68. The maximum absolute atomic E-state index is 12.6. The molecule has 1 aliphatic carbocycles. The minimum absolute atomic E-state index is 0.0227. The van der Waals surface area contributed by atoms with Gasteiger partial charge in [0.1, 0.15) is 0 Å². The zero-order valence-electron chi connectivity index (χ0n) is 11.8. The summed E-state index contributed by atoms with van der Waals surface area (Å²) in [5, 5.41) is 9.08. The third-order valence-electron chi connectivity index (χ3n) is 3.85. The number of hydrogen-bond donors (Lipinski definition) is 1. The summed E-state index contributed by atoms with van der Waals surface area (Å²) in [6.07, 6.45) is 3.24. The minimum Gasteiger partial charge on any atom is -0.478 e. The van der Waals surface area contributed by atoms with E-state index in [1.165, 1.54) is 16.4 Å².